The molecular weight excluding hydrogens is 430 g/mol. The van der Waals surface area contributed by atoms with Crippen LogP contribution in [0.4, 0.5) is 5.82 Å². The van der Waals surface area contributed by atoms with E-state index in [1.54, 1.807) is 0 Å². The van der Waals surface area contributed by atoms with Gasteiger partial charge in [0.2, 0.25) is 5.91 Å². The summed E-state index contributed by atoms with van der Waals surface area (Å²) in [5.41, 5.74) is 7.41. The van der Waals surface area contributed by atoms with Crippen LogP contribution in [0.5, 0.6) is 0 Å². The molecule has 0 aliphatic rings. The molecule has 0 saturated heterocycles. The minimum Gasteiger partial charge on any atom is -0.309 e. The van der Waals surface area contributed by atoms with Crippen LogP contribution in [0.3, 0.4) is 0 Å². The Labute approximate surface area is 208 Å². The van der Waals surface area contributed by atoms with E-state index in [0.29, 0.717) is 18.7 Å². The van der Waals surface area contributed by atoms with E-state index in [2.05, 4.69) is 67.7 Å². The van der Waals surface area contributed by atoms with Gasteiger partial charge in [-0.25, -0.2) is 9.97 Å². The third-order valence-electron chi connectivity index (χ3n) is 6.24. The number of nitrogens with zero attached hydrogens (tertiary/aromatic N) is 2. The standard InChI is InChI=1S/C31H33N3O/c1-3-27-30(26-19-11-10-13-23(26)2)32-28(22-21-25-16-8-5-9-17-25)31(33-27)34-29(35)20-12-18-24-14-6-4-7-15-24/h4-11,13-17,19H,3,12,18,20-22H2,1-2H3,(H,33,34,35). The number of amides is 1. The van der Waals surface area contributed by atoms with Crippen molar-refractivity contribution in [2.75, 3.05) is 5.32 Å². The Balaban J connectivity index is 1.57. The van der Waals surface area contributed by atoms with Gasteiger partial charge in [-0.2, -0.15) is 0 Å². The van der Waals surface area contributed by atoms with Crippen molar-refractivity contribution in [3.05, 3.63) is 113 Å². The van der Waals surface area contributed by atoms with Crippen LogP contribution in [0.25, 0.3) is 11.3 Å². The molecule has 178 valence electrons. The zero-order chi connectivity index (χ0) is 24.5. The maximum atomic E-state index is 12.9. The number of hydrogen-bond donors (Lipinski definition) is 1. The minimum atomic E-state index is -0.0121. The highest BCUT2D eigenvalue weighted by molar-refractivity contribution is 5.90. The fourth-order valence-corrected chi connectivity index (χ4v) is 4.28. The molecule has 0 atom stereocenters. The van der Waals surface area contributed by atoms with E-state index in [0.717, 1.165) is 48.3 Å². The van der Waals surface area contributed by atoms with E-state index in [1.165, 1.54) is 16.7 Å². The van der Waals surface area contributed by atoms with Crippen molar-refractivity contribution in [3.63, 3.8) is 0 Å². The molecule has 1 aromatic heterocycles. The number of hydrogen-bond acceptors (Lipinski definition) is 3. The van der Waals surface area contributed by atoms with Gasteiger partial charge in [-0.15, -0.1) is 0 Å². The molecule has 4 rings (SSSR count). The molecule has 0 fully saturated rings. The lowest BCUT2D eigenvalue weighted by molar-refractivity contribution is -0.116. The summed E-state index contributed by atoms with van der Waals surface area (Å²) in [6.45, 7) is 4.18. The fourth-order valence-electron chi connectivity index (χ4n) is 4.28. The van der Waals surface area contributed by atoms with Crippen molar-refractivity contribution in [1.82, 2.24) is 9.97 Å². The summed E-state index contributed by atoms with van der Waals surface area (Å²) in [6.07, 6.45) is 4.42. The van der Waals surface area contributed by atoms with E-state index < -0.39 is 0 Å². The first kappa shape index (κ1) is 24.3. The zero-order valence-electron chi connectivity index (χ0n) is 20.6. The summed E-state index contributed by atoms with van der Waals surface area (Å²) in [4.78, 5) is 22.9. The number of rotatable bonds is 10. The molecule has 4 nitrogen and oxygen atoms in total. The van der Waals surface area contributed by atoms with Crippen molar-refractivity contribution in [2.45, 2.75) is 52.4 Å². The second-order valence-electron chi connectivity index (χ2n) is 8.86. The highest BCUT2D eigenvalue weighted by Crippen LogP contribution is 2.28. The van der Waals surface area contributed by atoms with Crippen molar-refractivity contribution < 1.29 is 4.79 Å². The molecule has 1 N–H and O–H groups in total. The first-order valence-electron chi connectivity index (χ1n) is 12.5. The van der Waals surface area contributed by atoms with Crippen molar-refractivity contribution in [3.8, 4) is 11.3 Å². The summed E-state index contributed by atoms with van der Waals surface area (Å²) < 4.78 is 0. The van der Waals surface area contributed by atoms with Crippen LogP contribution in [-0.4, -0.2) is 15.9 Å². The second kappa shape index (κ2) is 12.1. The first-order valence-corrected chi connectivity index (χ1v) is 12.5. The van der Waals surface area contributed by atoms with E-state index in [1.807, 2.05) is 36.4 Å². The quantitative estimate of drug-likeness (QED) is 0.283. The molecule has 0 spiro atoms. The van der Waals surface area contributed by atoms with Gasteiger partial charge in [0.15, 0.2) is 5.82 Å². The maximum absolute atomic E-state index is 12.9. The Morgan fingerprint density at radius 2 is 1.37 bits per heavy atom. The van der Waals surface area contributed by atoms with Crippen LogP contribution in [-0.2, 0) is 30.5 Å². The summed E-state index contributed by atoms with van der Waals surface area (Å²) in [7, 11) is 0. The SMILES string of the molecule is CCc1nc(NC(=O)CCCc2ccccc2)c(CCc2ccccc2)nc1-c1ccccc1C. The zero-order valence-corrected chi connectivity index (χ0v) is 20.6. The molecule has 4 heteroatoms. The minimum absolute atomic E-state index is 0.0121. The molecule has 0 saturated carbocycles. The van der Waals surface area contributed by atoms with Gasteiger partial charge in [-0.05, 0) is 55.7 Å². The van der Waals surface area contributed by atoms with Crippen LogP contribution in [0.1, 0.15) is 47.8 Å². The molecular formula is C31H33N3O. The van der Waals surface area contributed by atoms with Gasteiger partial charge in [-0.1, -0.05) is 91.9 Å². The Morgan fingerprint density at radius 1 is 0.743 bits per heavy atom. The number of aryl methyl sites for hydroxylation is 5. The van der Waals surface area contributed by atoms with Gasteiger partial charge in [0, 0.05) is 12.0 Å². The smallest absolute Gasteiger partial charge is 0.225 e. The van der Waals surface area contributed by atoms with Crippen LogP contribution in [0, 0.1) is 6.92 Å². The van der Waals surface area contributed by atoms with Crippen LogP contribution < -0.4 is 5.32 Å². The summed E-state index contributed by atoms with van der Waals surface area (Å²) in [5, 5.41) is 3.09. The van der Waals surface area contributed by atoms with Gasteiger partial charge in [-0.3, -0.25) is 4.79 Å². The number of carbonyl (C=O) groups is 1. The van der Waals surface area contributed by atoms with E-state index in [-0.39, 0.29) is 5.91 Å². The largest absolute Gasteiger partial charge is 0.309 e. The average molecular weight is 464 g/mol. The number of nitrogens with one attached hydrogen (secondary N) is 1. The van der Waals surface area contributed by atoms with E-state index in [9.17, 15) is 4.79 Å². The molecule has 3 aromatic carbocycles. The topological polar surface area (TPSA) is 54.9 Å². The molecule has 0 aliphatic carbocycles. The number of aromatic nitrogens is 2. The Kier molecular flexibility index (Phi) is 8.39. The highest BCUT2D eigenvalue weighted by Gasteiger charge is 2.17. The molecule has 1 heterocycles. The van der Waals surface area contributed by atoms with Gasteiger partial charge >= 0.3 is 0 Å². The van der Waals surface area contributed by atoms with Crippen molar-refractivity contribution in [1.29, 1.82) is 0 Å². The number of anilines is 1. The summed E-state index contributed by atoms with van der Waals surface area (Å²) in [5.74, 6) is 0.585. The monoisotopic (exact) mass is 463 g/mol. The Bertz CT molecular complexity index is 1250. The lowest BCUT2D eigenvalue weighted by Crippen LogP contribution is -2.17. The molecule has 4 aromatic rings. The van der Waals surface area contributed by atoms with Crippen LogP contribution in [0.2, 0.25) is 0 Å². The molecule has 0 aliphatic heterocycles. The van der Waals surface area contributed by atoms with Crippen LogP contribution in [0.15, 0.2) is 84.9 Å². The predicted molar refractivity (Wildman–Crippen MR) is 143 cm³/mol. The second-order valence-corrected chi connectivity index (χ2v) is 8.86. The lowest BCUT2D eigenvalue weighted by Gasteiger charge is -2.16. The Morgan fingerprint density at radius 3 is 2.03 bits per heavy atom. The molecule has 0 unspecified atom stereocenters. The summed E-state index contributed by atoms with van der Waals surface area (Å²) in [6, 6.07) is 28.9. The lowest BCUT2D eigenvalue weighted by atomic mass is 10.0. The van der Waals surface area contributed by atoms with E-state index >= 15 is 0 Å². The number of carbonyl (C=O) groups excluding carboxylic acids is 1. The van der Waals surface area contributed by atoms with Gasteiger partial charge in [0.1, 0.15) is 0 Å². The fraction of sp³-hybridized carbons (Fsp3) is 0.258. The average Bonchev–Trinajstić information content (AvgIpc) is 2.89. The predicted octanol–water partition coefficient (Wildman–Crippen LogP) is 6.76. The molecule has 0 bridgehead atoms. The van der Waals surface area contributed by atoms with Crippen LogP contribution >= 0.6 is 0 Å². The number of benzene rings is 3. The van der Waals surface area contributed by atoms with Gasteiger partial charge in [0.05, 0.1) is 17.1 Å². The Hall–Kier alpha value is -3.79. The molecule has 1 amide bonds. The third-order valence-corrected chi connectivity index (χ3v) is 6.24. The third kappa shape index (κ3) is 6.63. The molecule has 35 heavy (non-hydrogen) atoms. The van der Waals surface area contributed by atoms with Gasteiger partial charge < -0.3 is 5.32 Å². The first-order chi connectivity index (χ1) is 17.1. The van der Waals surface area contributed by atoms with E-state index in [4.69, 9.17) is 9.97 Å². The summed E-state index contributed by atoms with van der Waals surface area (Å²) >= 11 is 0. The van der Waals surface area contributed by atoms with Crippen molar-refractivity contribution in [2.24, 2.45) is 0 Å². The highest BCUT2D eigenvalue weighted by atomic mass is 16.1. The normalized spacial score (nSPS) is 10.8. The molecule has 0 radical (unpaired) electrons. The van der Waals surface area contributed by atoms with Crippen molar-refractivity contribution >= 4 is 11.7 Å². The maximum Gasteiger partial charge on any atom is 0.225 e. The van der Waals surface area contributed by atoms with Gasteiger partial charge in [0.25, 0.3) is 0 Å².